The number of carbonyl (C=O) groups is 2. The van der Waals surface area contributed by atoms with E-state index in [-0.39, 0.29) is 19.7 Å². The molecule has 0 saturated carbocycles. The lowest BCUT2D eigenvalue weighted by molar-refractivity contribution is -0.0213. The van der Waals surface area contributed by atoms with Gasteiger partial charge in [0.1, 0.15) is 6.61 Å². The van der Waals surface area contributed by atoms with E-state index in [0.717, 1.165) is 5.56 Å². The Morgan fingerprint density at radius 1 is 1.04 bits per heavy atom. The molecule has 0 atom stereocenters. The standard InChI is InChI=1S/C20H22N2O5/c23-18(27-14-15-4-2-1-3-5-15)21-17-8-6-16(7-9-17)20(26)10-12-22(13-11-20)19(24)25/h1-9,26H,10-14H2,(H,21,23)(H,24,25). The number of hydrogen-bond acceptors (Lipinski definition) is 4. The van der Waals surface area contributed by atoms with Crippen molar-refractivity contribution in [2.24, 2.45) is 0 Å². The van der Waals surface area contributed by atoms with Crippen LogP contribution in [0.25, 0.3) is 0 Å². The molecule has 1 fully saturated rings. The predicted octanol–water partition coefficient (Wildman–Crippen LogP) is 3.40. The smallest absolute Gasteiger partial charge is 0.411 e. The lowest BCUT2D eigenvalue weighted by Gasteiger charge is -2.37. The summed E-state index contributed by atoms with van der Waals surface area (Å²) in [6.07, 6.45) is -0.846. The van der Waals surface area contributed by atoms with Crippen molar-refractivity contribution in [1.29, 1.82) is 0 Å². The quantitative estimate of drug-likeness (QED) is 0.766. The fraction of sp³-hybridized carbons (Fsp3) is 0.300. The van der Waals surface area contributed by atoms with Crippen molar-refractivity contribution in [2.75, 3.05) is 18.4 Å². The number of amides is 2. The van der Waals surface area contributed by atoms with Crippen molar-refractivity contribution in [1.82, 2.24) is 4.90 Å². The summed E-state index contributed by atoms with van der Waals surface area (Å²) < 4.78 is 5.17. The van der Waals surface area contributed by atoms with Crippen LogP contribution in [-0.4, -0.2) is 40.4 Å². The largest absolute Gasteiger partial charge is 0.465 e. The molecule has 1 heterocycles. The van der Waals surface area contributed by atoms with E-state index in [1.807, 2.05) is 30.3 Å². The third-order valence-electron chi connectivity index (χ3n) is 4.74. The molecule has 2 aromatic carbocycles. The van der Waals surface area contributed by atoms with Crippen LogP contribution in [0.5, 0.6) is 0 Å². The van der Waals surface area contributed by atoms with Crippen molar-refractivity contribution in [2.45, 2.75) is 25.0 Å². The van der Waals surface area contributed by atoms with Crippen LogP contribution < -0.4 is 5.32 Å². The molecule has 3 N–H and O–H groups in total. The molecule has 1 saturated heterocycles. The molecule has 0 aromatic heterocycles. The number of carboxylic acid groups (broad SMARTS) is 1. The molecule has 0 unspecified atom stereocenters. The van der Waals surface area contributed by atoms with E-state index in [0.29, 0.717) is 24.1 Å². The molecule has 1 aliphatic rings. The summed E-state index contributed by atoms with van der Waals surface area (Å²) in [6, 6.07) is 16.3. The van der Waals surface area contributed by atoms with Crippen LogP contribution in [0, 0.1) is 0 Å². The van der Waals surface area contributed by atoms with Gasteiger partial charge in [-0.15, -0.1) is 0 Å². The Kier molecular flexibility index (Phi) is 5.61. The highest BCUT2D eigenvalue weighted by atomic mass is 16.5. The minimum Gasteiger partial charge on any atom is -0.465 e. The molecule has 0 bridgehead atoms. The molecule has 0 radical (unpaired) electrons. The van der Waals surface area contributed by atoms with Gasteiger partial charge >= 0.3 is 12.2 Å². The van der Waals surface area contributed by atoms with Crippen LogP contribution in [0.4, 0.5) is 15.3 Å². The van der Waals surface area contributed by atoms with Crippen molar-refractivity contribution < 1.29 is 24.5 Å². The van der Waals surface area contributed by atoms with E-state index in [9.17, 15) is 14.7 Å². The fourth-order valence-electron chi connectivity index (χ4n) is 3.10. The van der Waals surface area contributed by atoms with Gasteiger partial charge in [0, 0.05) is 18.8 Å². The molecule has 27 heavy (non-hydrogen) atoms. The van der Waals surface area contributed by atoms with Crippen molar-refractivity contribution >= 4 is 17.9 Å². The zero-order valence-electron chi connectivity index (χ0n) is 14.8. The van der Waals surface area contributed by atoms with Crippen molar-refractivity contribution in [3.8, 4) is 0 Å². The highest BCUT2D eigenvalue weighted by Crippen LogP contribution is 2.33. The average molecular weight is 370 g/mol. The first-order valence-electron chi connectivity index (χ1n) is 8.75. The minimum atomic E-state index is -1.06. The van der Waals surface area contributed by atoms with Crippen molar-refractivity contribution in [3.63, 3.8) is 0 Å². The van der Waals surface area contributed by atoms with Gasteiger partial charge in [0.25, 0.3) is 0 Å². The Hall–Kier alpha value is -3.06. The first kappa shape index (κ1) is 18.7. The zero-order valence-corrected chi connectivity index (χ0v) is 14.8. The highest BCUT2D eigenvalue weighted by Gasteiger charge is 2.35. The number of likely N-dealkylation sites (tertiary alicyclic amines) is 1. The number of carbonyl (C=O) groups excluding carboxylic acids is 1. The summed E-state index contributed by atoms with van der Waals surface area (Å²) in [5.41, 5.74) is 1.11. The molecule has 2 amide bonds. The van der Waals surface area contributed by atoms with E-state index in [1.165, 1.54) is 4.90 Å². The van der Waals surface area contributed by atoms with E-state index in [1.54, 1.807) is 24.3 Å². The number of anilines is 1. The minimum absolute atomic E-state index is 0.185. The maximum Gasteiger partial charge on any atom is 0.411 e. The number of rotatable bonds is 4. The number of aliphatic hydroxyl groups is 1. The van der Waals surface area contributed by atoms with Gasteiger partial charge in [0.05, 0.1) is 5.60 Å². The van der Waals surface area contributed by atoms with Crippen LogP contribution >= 0.6 is 0 Å². The van der Waals surface area contributed by atoms with E-state index >= 15 is 0 Å². The number of nitrogens with zero attached hydrogens (tertiary/aromatic N) is 1. The van der Waals surface area contributed by atoms with E-state index in [4.69, 9.17) is 9.84 Å². The molecule has 0 spiro atoms. The van der Waals surface area contributed by atoms with Gasteiger partial charge in [0.15, 0.2) is 0 Å². The van der Waals surface area contributed by atoms with Gasteiger partial charge in [-0.05, 0) is 36.1 Å². The van der Waals surface area contributed by atoms with Crippen LogP contribution in [0.1, 0.15) is 24.0 Å². The van der Waals surface area contributed by atoms with Gasteiger partial charge in [0.2, 0.25) is 0 Å². The van der Waals surface area contributed by atoms with Gasteiger partial charge in [-0.25, -0.2) is 9.59 Å². The Labute approximate surface area is 157 Å². The zero-order chi connectivity index (χ0) is 19.3. The lowest BCUT2D eigenvalue weighted by Crippen LogP contribution is -2.44. The van der Waals surface area contributed by atoms with Crippen LogP contribution in [0.15, 0.2) is 54.6 Å². The summed E-state index contributed by atoms with van der Waals surface area (Å²) in [7, 11) is 0. The molecule has 0 aliphatic carbocycles. The molecule has 2 aromatic rings. The number of piperidine rings is 1. The Morgan fingerprint density at radius 3 is 2.26 bits per heavy atom. The van der Waals surface area contributed by atoms with Crippen LogP contribution in [0.2, 0.25) is 0 Å². The van der Waals surface area contributed by atoms with Gasteiger partial charge < -0.3 is 19.8 Å². The number of ether oxygens (including phenoxy) is 1. The first-order chi connectivity index (χ1) is 13.0. The molecule has 142 valence electrons. The first-order valence-corrected chi connectivity index (χ1v) is 8.75. The van der Waals surface area contributed by atoms with Crippen LogP contribution in [-0.2, 0) is 16.9 Å². The summed E-state index contributed by atoms with van der Waals surface area (Å²) in [6.45, 7) is 0.764. The second-order valence-electron chi connectivity index (χ2n) is 6.57. The van der Waals surface area contributed by atoms with Crippen LogP contribution in [0.3, 0.4) is 0 Å². The summed E-state index contributed by atoms with van der Waals surface area (Å²) >= 11 is 0. The van der Waals surface area contributed by atoms with E-state index in [2.05, 4.69) is 5.32 Å². The van der Waals surface area contributed by atoms with Gasteiger partial charge in [-0.2, -0.15) is 0 Å². The SMILES string of the molecule is O=C(Nc1ccc(C2(O)CCN(C(=O)O)CC2)cc1)OCc1ccccc1. The molecule has 1 aliphatic heterocycles. The summed E-state index contributed by atoms with van der Waals surface area (Å²) in [5.74, 6) is 0. The maximum atomic E-state index is 11.9. The molecule has 7 nitrogen and oxygen atoms in total. The predicted molar refractivity (Wildman–Crippen MR) is 99.4 cm³/mol. The lowest BCUT2D eigenvalue weighted by atomic mass is 9.84. The molecule has 3 rings (SSSR count). The van der Waals surface area contributed by atoms with Gasteiger partial charge in [-0.1, -0.05) is 42.5 Å². The molecular formula is C20H22N2O5. The fourth-order valence-corrected chi connectivity index (χ4v) is 3.10. The summed E-state index contributed by atoms with van der Waals surface area (Å²) in [4.78, 5) is 24.2. The van der Waals surface area contributed by atoms with Gasteiger partial charge in [-0.3, -0.25) is 5.32 Å². The average Bonchev–Trinajstić information content (AvgIpc) is 2.68. The number of hydrogen-bond donors (Lipinski definition) is 3. The normalized spacial score (nSPS) is 15.8. The Bertz CT molecular complexity index is 784. The third-order valence-corrected chi connectivity index (χ3v) is 4.74. The van der Waals surface area contributed by atoms with Crippen molar-refractivity contribution in [3.05, 3.63) is 65.7 Å². The maximum absolute atomic E-state index is 11.9. The third kappa shape index (κ3) is 4.77. The molecule has 7 heteroatoms. The second kappa shape index (κ2) is 8.09. The number of nitrogens with one attached hydrogen (secondary N) is 1. The topological polar surface area (TPSA) is 99.1 Å². The highest BCUT2D eigenvalue weighted by molar-refractivity contribution is 5.84. The molecular weight excluding hydrogens is 348 g/mol. The second-order valence-corrected chi connectivity index (χ2v) is 6.57. The van der Waals surface area contributed by atoms with E-state index < -0.39 is 17.8 Å². The Balaban J connectivity index is 1.54. The Morgan fingerprint density at radius 2 is 1.67 bits per heavy atom. The number of benzene rings is 2. The summed E-state index contributed by atoms with van der Waals surface area (Å²) in [5, 5.41) is 22.4. The monoisotopic (exact) mass is 370 g/mol.